The summed E-state index contributed by atoms with van der Waals surface area (Å²) in [5.74, 6) is 1.98. The van der Waals surface area contributed by atoms with Crippen molar-refractivity contribution >= 4 is 35.6 Å². The van der Waals surface area contributed by atoms with Crippen LogP contribution in [0.3, 0.4) is 0 Å². The Kier molecular flexibility index (Phi) is 8.98. The number of hydrogen-bond acceptors (Lipinski definition) is 5. The van der Waals surface area contributed by atoms with E-state index in [4.69, 9.17) is 10.2 Å². The van der Waals surface area contributed by atoms with Gasteiger partial charge in [-0.05, 0) is 70.0 Å². The Morgan fingerprint density at radius 3 is 2.45 bits per heavy atom. The molecule has 0 amide bonds. The highest BCUT2D eigenvalue weighted by atomic mass is 127. The summed E-state index contributed by atoms with van der Waals surface area (Å²) in [6, 6.07) is 5.34. The smallest absolute Gasteiger partial charge is 0.444 e. The van der Waals surface area contributed by atoms with E-state index >= 15 is 0 Å². The Balaban J connectivity index is 0.00000341. The third-order valence-electron chi connectivity index (χ3n) is 5.02. The molecule has 0 radical (unpaired) electrons. The molecule has 3 rings (SSSR count). The summed E-state index contributed by atoms with van der Waals surface area (Å²) in [4.78, 5) is 11.1. The molecule has 1 aromatic heterocycles. The number of benzene rings is 1. The number of nitrogens with two attached hydrogens (primary N) is 1. The number of alkyl halides is 3. The monoisotopic (exact) mass is 553 g/mol. The highest BCUT2D eigenvalue weighted by Gasteiger charge is 2.31. The highest BCUT2D eigenvalue weighted by Crippen LogP contribution is 2.24. The number of oxazole rings is 1. The summed E-state index contributed by atoms with van der Waals surface area (Å²) in [6.07, 6.45) is -2.71. The van der Waals surface area contributed by atoms with Crippen LogP contribution in [0.4, 0.5) is 18.9 Å². The van der Waals surface area contributed by atoms with Gasteiger partial charge in [0.2, 0.25) is 5.89 Å². The van der Waals surface area contributed by atoms with Crippen LogP contribution in [0.2, 0.25) is 0 Å². The maximum atomic E-state index is 12.2. The van der Waals surface area contributed by atoms with Crippen molar-refractivity contribution < 1.29 is 22.3 Å². The Morgan fingerprint density at radius 2 is 1.90 bits per heavy atom. The SMILES string of the molecule is Cc1nc(CN2CCC(CN=C(N)Nc3ccc(OC(F)(F)F)cc3)CC2)oc1C.I. The second-order valence-corrected chi connectivity index (χ2v) is 7.39. The number of rotatable bonds is 6. The maximum absolute atomic E-state index is 12.2. The van der Waals surface area contributed by atoms with Gasteiger partial charge in [-0.15, -0.1) is 37.1 Å². The first kappa shape index (κ1) is 25.2. The van der Waals surface area contributed by atoms with Crippen molar-refractivity contribution in [1.82, 2.24) is 9.88 Å². The summed E-state index contributed by atoms with van der Waals surface area (Å²) in [7, 11) is 0. The Morgan fingerprint density at radius 1 is 1.26 bits per heavy atom. The number of guanidine groups is 1. The number of nitrogens with one attached hydrogen (secondary N) is 1. The third-order valence-corrected chi connectivity index (χ3v) is 5.02. The fourth-order valence-corrected chi connectivity index (χ4v) is 3.28. The van der Waals surface area contributed by atoms with E-state index in [1.807, 2.05) is 13.8 Å². The lowest BCUT2D eigenvalue weighted by atomic mass is 9.97. The van der Waals surface area contributed by atoms with Gasteiger partial charge in [0, 0.05) is 12.2 Å². The predicted molar refractivity (Wildman–Crippen MR) is 123 cm³/mol. The van der Waals surface area contributed by atoms with E-state index in [0.29, 0.717) is 24.7 Å². The summed E-state index contributed by atoms with van der Waals surface area (Å²) < 4.78 is 46.1. The molecule has 0 spiro atoms. The number of aryl methyl sites for hydroxylation is 2. The lowest BCUT2D eigenvalue weighted by Crippen LogP contribution is -2.34. The maximum Gasteiger partial charge on any atom is 0.573 e. The van der Waals surface area contributed by atoms with Crippen LogP contribution >= 0.6 is 24.0 Å². The Hall–Kier alpha value is -2.02. The van der Waals surface area contributed by atoms with E-state index in [1.165, 1.54) is 24.3 Å². The first-order chi connectivity index (χ1) is 14.2. The second-order valence-electron chi connectivity index (χ2n) is 7.39. The largest absolute Gasteiger partial charge is 0.573 e. The van der Waals surface area contributed by atoms with Crippen LogP contribution in [0, 0.1) is 19.8 Å². The van der Waals surface area contributed by atoms with Crippen molar-refractivity contribution in [3.63, 3.8) is 0 Å². The quantitative estimate of drug-likeness (QED) is 0.313. The van der Waals surface area contributed by atoms with Crippen molar-refractivity contribution in [1.29, 1.82) is 0 Å². The number of halogens is 4. The van der Waals surface area contributed by atoms with Gasteiger partial charge < -0.3 is 20.2 Å². The number of piperidine rings is 1. The van der Waals surface area contributed by atoms with Gasteiger partial charge in [0.25, 0.3) is 0 Å². The molecule has 0 aliphatic carbocycles. The van der Waals surface area contributed by atoms with Gasteiger partial charge in [0.05, 0.1) is 12.2 Å². The molecule has 0 atom stereocenters. The van der Waals surface area contributed by atoms with Crippen molar-refractivity contribution in [2.45, 2.75) is 39.6 Å². The summed E-state index contributed by atoms with van der Waals surface area (Å²) in [5, 5.41) is 2.88. The van der Waals surface area contributed by atoms with E-state index in [1.54, 1.807) is 0 Å². The van der Waals surface area contributed by atoms with E-state index in [2.05, 4.69) is 24.9 Å². The minimum absolute atomic E-state index is 0. The molecule has 1 aliphatic rings. The molecule has 0 unspecified atom stereocenters. The summed E-state index contributed by atoms with van der Waals surface area (Å²) >= 11 is 0. The van der Waals surface area contributed by atoms with Crippen molar-refractivity contribution in [2.24, 2.45) is 16.6 Å². The van der Waals surface area contributed by atoms with E-state index < -0.39 is 6.36 Å². The van der Waals surface area contributed by atoms with Gasteiger partial charge in [-0.25, -0.2) is 4.98 Å². The van der Waals surface area contributed by atoms with E-state index in [9.17, 15) is 13.2 Å². The number of ether oxygens (including phenoxy) is 1. The van der Waals surface area contributed by atoms with Gasteiger partial charge in [0.15, 0.2) is 5.96 Å². The molecule has 0 saturated carbocycles. The van der Waals surface area contributed by atoms with Crippen LogP contribution in [0.15, 0.2) is 33.7 Å². The first-order valence-electron chi connectivity index (χ1n) is 9.76. The number of anilines is 1. The van der Waals surface area contributed by atoms with Gasteiger partial charge in [0.1, 0.15) is 11.5 Å². The summed E-state index contributed by atoms with van der Waals surface area (Å²) in [6.45, 7) is 7.04. The molecule has 1 fully saturated rings. The molecule has 31 heavy (non-hydrogen) atoms. The fourth-order valence-electron chi connectivity index (χ4n) is 3.28. The average molecular weight is 553 g/mol. The minimum Gasteiger partial charge on any atom is -0.444 e. The molecular formula is C20H27F3IN5O2. The molecular weight excluding hydrogens is 526 g/mol. The van der Waals surface area contributed by atoms with Crippen LogP contribution in [-0.2, 0) is 6.54 Å². The molecule has 3 N–H and O–H groups in total. The third kappa shape index (κ3) is 8.20. The molecule has 2 aromatic rings. The van der Waals surface area contributed by atoms with Gasteiger partial charge in [-0.1, -0.05) is 0 Å². The normalized spacial score (nSPS) is 16.1. The average Bonchev–Trinajstić information content (AvgIpc) is 2.99. The molecule has 1 saturated heterocycles. The number of likely N-dealkylation sites (tertiary alicyclic amines) is 1. The fraction of sp³-hybridized carbons (Fsp3) is 0.500. The van der Waals surface area contributed by atoms with Crippen molar-refractivity contribution in [3.8, 4) is 5.75 Å². The predicted octanol–water partition coefficient (Wildman–Crippen LogP) is 4.45. The van der Waals surface area contributed by atoms with Crippen LogP contribution in [0.5, 0.6) is 5.75 Å². The Labute approximate surface area is 196 Å². The zero-order valence-electron chi connectivity index (χ0n) is 17.4. The zero-order valence-corrected chi connectivity index (χ0v) is 19.7. The van der Waals surface area contributed by atoms with Crippen LogP contribution < -0.4 is 15.8 Å². The van der Waals surface area contributed by atoms with Crippen LogP contribution in [-0.4, -0.2) is 41.8 Å². The van der Waals surface area contributed by atoms with Crippen LogP contribution in [0.1, 0.15) is 30.2 Å². The van der Waals surface area contributed by atoms with E-state index in [-0.39, 0.29) is 35.7 Å². The van der Waals surface area contributed by atoms with Gasteiger partial charge >= 0.3 is 6.36 Å². The van der Waals surface area contributed by atoms with E-state index in [0.717, 1.165) is 43.3 Å². The van der Waals surface area contributed by atoms with Gasteiger partial charge in [-0.3, -0.25) is 9.89 Å². The van der Waals surface area contributed by atoms with Gasteiger partial charge in [-0.2, -0.15) is 0 Å². The van der Waals surface area contributed by atoms with Crippen molar-refractivity contribution in [3.05, 3.63) is 41.6 Å². The lowest BCUT2D eigenvalue weighted by Gasteiger charge is -2.30. The molecule has 0 bridgehead atoms. The molecule has 7 nitrogen and oxygen atoms in total. The molecule has 1 aromatic carbocycles. The van der Waals surface area contributed by atoms with Crippen molar-refractivity contribution in [2.75, 3.05) is 25.0 Å². The molecule has 1 aliphatic heterocycles. The number of aromatic nitrogens is 1. The standard InChI is InChI=1S/C20H26F3N5O2.HI/c1-13-14(2)29-18(26-13)12-28-9-7-15(8-10-28)11-25-19(24)27-16-3-5-17(6-4-16)30-20(21,22)23;/h3-6,15H,7-12H2,1-2H3,(H3,24,25,27);1H. The molecule has 11 heteroatoms. The molecule has 2 heterocycles. The Bertz CT molecular complexity index is 843. The zero-order chi connectivity index (χ0) is 21.7. The topological polar surface area (TPSA) is 88.9 Å². The molecule has 172 valence electrons. The highest BCUT2D eigenvalue weighted by molar-refractivity contribution is 14.0. The second kappa shape index (κ2) is 11.0. The first-order valence-corrected chi connectivity index (χ1v) is 9.76. The summed E-state index contributed by atoms with van der Waals surface area (Å²) in [5.41, 5.74) is 7.37. The number of hydrogen-bond donors (Lipinski definition) is 2. The minimum atomic E-state index is -4.71. The van der Waals surface area contributed by atoms with Crippen LogP contribution in [0.25, 0.3) is 0 Å². The number of nitrogens with zero attached hydrogens (tertiary/aromatic N) is 3. The lowest BCUT2D eigenvalue weighted by molar-refractivity contribution is -0.274. The number of aliphatic imine (C=N–C) groups is 1.